The molecule has 0 unspecified atom stereocenters. The number of hydrogen-bond donors (Lipinski definition) is 0. The van der Waals surface area contributed by atoms with Gasteiger partial charge in [-0.25, -0.2) is 4.98 Å². The van der Waals surface area contributed by atoms with Crippen molar-refractivity contribution >= 4 is 0 Å². The van der Waals surface area contributed by atoms with Gasteiger partial charge in [0.05, 0.1) is 0 Å². The summed E-state index contributed by atoms with van der Waals surface area (Å²) >= 11 is 0. The highest BCUT2D eigenvalue weighted by Gasteiger charge is 2.28. The topological polar surface area (TPSA) is 21.1 Å². The minimum absolute atomic E-state index is 0.147. The summed E-state index contributed by atoms with van der Waals surface area (Å²) in [7, 11) is 0. The highest BCUT2D eigenvalue weighted by Crippen LogP contribution is 2.29. The van der Waals surface area contributed by atoms with Crippen molar-refractivity contribution in [3.63, 3.8) is 0 Å². The molecule has 0 spiro atoms. The Balaban J connectivity index is 1.55. The molecule has 1 aliphatic carbocycles. The molecule has 118 valence electrons. The smallest absolute Gasteiger partial charge is 0.114 e. The van der Waals surface area contributed by atoms with Gasteiger partial charge in [-0.3, -0.25) is 0 Å². The zero-order valence-electron chi connectivity index (χ0n) is 14.0. The fraction of sp³-hybridized carbons (Fsp3) is 0.833. The normalized spacial score (nSPS) is 23.0. The Labute approximate surface area is 129 Å². The minimum Gasteiger partial charge on any atom is -0.334 e. The maximum atomic E-state index is 4.58. The molecule has 0 radical (unpaired) electrons. The van der Waals surface area contributed by atoms with E-state index in [1.807, 2.05) is 6.20 Å². The van der Waals surface area contributed by atoms with Crippen LogP contribution in [0.25, 0.3) is 0 Å². The molecule has 3 nitrogen and oxygen atoms in total. The van der Waals surface area contributed by atoms with E-state index in [1.54, 1.807) is 0 Å². The number of aromatic nitrogens is 2. The van der Waals surface area contributed by atoms with Crippen LogP contribution in [-0.2, 0) is 12.0 Å². The van der Waals surface area contributed by atoms with Crippen molar-refractivity contribution < 1.29 is 0 Å². The second-order valence-corrected chi connectivity index (χ2v) is 8.07. The van der Waals surface area contributed by atoms with Gasteiger partial charge in [-0.2, -0.15) is 0 Å². The van der Waals surface area contributed by atoms with Gasteiger partial charge < -0.3 is 9.47 Å². The molecular weight excluding hydrogens is 258 g/mol. The van der Waals surface area contributed by atoms with Crippen molar-refractivity contribution in [1.29, 1.82) is 0 Å². The first-order valence-corrected chi connectivity index (χ1v) is 8.80. The summed E-state index contributed by atoms with van der Waals surface area (Å²) in [4.78, 5) is 7.35. The zero-order valence-corrected chi connectivity index (χ0v) is 14.0. The molecule has 0 amide bonds. The Morgan fingerprint density at radius 2 is 1.76 bits per heavy atom. The lowest BCUT2D eigenvalue weighted by atomic mass is 9.93. The lowest BCUT2D eigenvalue weighted by molar-refractivity contribution is 0.126. The number of likely N-dealkylation sites (tertiary alicyclic amines) is 1. The van der Waals surface area contributed by atoms with E-state index in [2.05, 4.69) is 41.4 Å². The molecule has 3 heteroatoms. The summed E-state index contributed by atoms with van der Waals surface area (Å²) in [6, 6.07) is 0.907. The summed E-state index contributed by atoms with van der Waals surface area (Å²) in [6.07, 6.45) is 12.7. The van der Waals surface area contributed by atoms with Crippen molar-refractivity contribution in [2.45, 2.75) is 77.3 Å². The highest BCUT2D eigenvalue weighted by molar-refractivity contribution is 5.05. The van der Waals surface area contributed by atoms with E-state index in [4.69, 9.17) is 0 Å². The monoisotopic (exact) mass is 289 g/mol. The van der Waals surface area contributed by atoms with E-state index in [0.717, 1.165) is 18.5 Å². The number of nitrogens with zero attached hydrogens (tertiary/aromatic N) is 3. The molecule has 0 aromatic carbocycles. The van der Waals surface area contributed by atoms with Gasteiger partial charge in [0.2, 0.25) is 0 Å². The Bertz CT molecular complexity index is 443. The number of hydrogen-bond acceptors (Lipinski definition) is 2. The van der Waals surface area contributed by atoms with Crippen LogP contribution in [-0.4, -0.2) is 33.6 Å². The summed E-state index contributed by atoms with van der Waals surface area (Å²) in [5.74, 6) is 2.07. The largest absolute Gasteiger partial charge is 0.334 e. The van der Waals surface area contributed by atoms with Crippen LogP contribution in [0.15, 0.2) is 12.4 Å². The van der Waals surface area contributed by atoms with Crippen molar-refractivity contribution in [3.8, 4) is 0 Å². The van der Waals surface area contributed by atoms with Crippen LogP contribution in [0.5, 0.6) is 0 Å². The van der Waals surface area contributed by atoms with Gasteiger partial charge in [-0.1, -0.05) is 33.6 Å². The first kappa shape index (κ1) is 15.1. The predicted molar refractivity (Wildman–Crippen MR) is 87.5 cm³/mol. The molecule has 1 saturated heterocycles. The quantitative estimate of drug-likeness (QED) is 0.843. The lowest BCUT2D eigenvalue weighted by Crippen LogP contribution is -2.41. The van der Waals surface area contributed by atoms with E-state index in [1.165, 1.54) is 57.4 Å². The van der Waals surface area contributed by atoms with Crippen LogP contribution in [0.2, 0.25) is 0 Å². The molecule has 3 rings (SSSR count). The van der Waals surface area contributed by atoms with Gasteiger partial charge in [0.25, 0.3) is 0 Å². The van der Waals surface area contributed by atoms with E-state index in [0.29, 0.717) is 0 Å². The summed E-state index contributed by atoms with van der Waals surface area (Å²) in [5.41, 5.74) is 0.147. The molecule has 0 atom stereocenters. The van der Waals surface area contributed by atoms with E-state index in [9.17, 15) is 0 Å². The molecule has 0 bridgehead atoms. The van der Waals surface area contributed by atoms with Crippen molar-refractivity contribution in [1.82, 2.24) is 14.5 Å². The number of rotatable bonds is 3. The molecular formula is C18H31N3. The first-order chi connectivity index (χ1) is 10.0. The van der Waals surface area contributed by atoms with Crippen LogP contribution in [0, 0.1) is 5.92 Å². The predicted octanol–water partition coefficient (Wildman–Crippen LogP) is 3.84. The van der Waals surface area contributed by atoms with Crippen molar-refractivity contribution in [3.05, 3.63) is 18.2 Å². The third kappa shape index (κ3) is 3.50. The van der Waals surface area contributed by atoms with Gasteiger partial charge in [-0.15, -0.1) is 0 Å². The molecule has 0 N–H and O–H groups in total. The van der Waals surface area contributed by atoms with Crippen molar-refractivity contribution in [2.24, 2.45) is 5.92 Å². The van der Waals surface area contributed by atoms with E-state index >= 15 is 0 Å². The average molecular weight is 289 g/mol. The number of piperidine rings is 1. The molecule has 1 aromatic rings. The second kappa shape index (κ2) is 6.12. The Kier molecular flexibility index (Phi) is 4.39. The maximum absolute atomic E-state index is 4.58. The van der Waals surface area contributed by atoms with Crippen molar-refractivity contribution in [2.75, 3.05) is 13.1 Å². The highest BCUT2D eigenvalue weighted by atomic mass is 15.2. The molecule has 1 aliphatic heterocycles. The van der Waals surface area contributed by atoms with Gasteiger partial charge in [0.1, 0.15) is 5.82 Å². The minimum atomic E-state index is 0.147. The van der Waals surface area contributed by atoms with Gasteiger partial charge in [0, 0.05) is 30.4 Å². The first-order valence-electron chi connectivity index (χ1n) is 8.80. The molecule has 1 saturated carbocycles. The summed E-state index contributed by atoms with van der Waals surface area (Å²) < 4.78 is 2.40. The third-order valence-corrected chi connectivity index (χ3v) is 5.33. The summed E-state index contributed by atoms with van der Waals surface area (Å²) in [6.45, 7) is 10.6. The molecule has 2 fully saturated rings. The fourth-order valence-electron chi connectivity index (χ4n) is 4.15. The lowest BCUT2D eigenvalue weighted by Gasteiger charge is -2.36. The van der Waals surface area contributed by atoms with Crippen LogP contribution >= 0.6 is 0 Å². The Hall–Kier alpha value is -0.830. The van der Waals surface area contributed by atoms with E-state index < -0.39 is 0 Å². The van der Waals surface area contributed by atoms with Gasteiger partial charge in [0.15, 0.2) is 0 Å². The summed E-state index contributed by atoms with van der Waals surface area (Å²) in [5, 5.41) is 0. The molecule has 21 heavy (non-hydrogen) atoms. The third-order valence-electron chi connectivity index (χ3n) is 5.33. The van der Waals surface area contributed by atoms with Crippen LogP contribution in [0.4, 0.5) is 0 Å². The fourth-order valence-corrected chi connectivity index (χ4v) is 4.15. The molecule has 1 aromatic heterocycles. The van der Waals surface area contributed by atoms with Gasteiger partial charge >= 0.3 is 0 Å². The SMILES string of the molecule is CC(C)(C)c1nccn1CC1CCN(C2CCCC2)CC1. The van der Waals surface area contributed by atoms with Crippen LogP contribution in [0.3, 0.4) is 0 Å². The molecule has 2 heterocycles. The standard InChI is InChI=1S/C18H31N3/c1-18(2,3)17-19-10-13-21(17)14-15-8-11-20(12-9-15)16-6-4-5-7-16/h10,13,15-16H,4-9,11-12,14H2,1-3H3. The van der Waals surface area contributed by atoms with Crippen LogP contribution in [0.1, 0.15) is 65.1 Å². The maximum Gasteiger partial charge on any atom is 0.114 e. The average Bonchev–Trinajstić information content (AvgIpc) is 3.09. The Morgan fingerprint density at radius 1 is 1.10 bits per heavy atom. The molecule has 2 aliphatic rings. The zero-order chi connectivity index (χ0) is 14.9. The van der Waals surface area contributed by atoms with Crippen LogP contribution < -0.4 is 0 Å². The Morgan fingerprint density at radius 3 is 2.38 bits per heavy atom. The second-order valence-electron chi connectivity index (χ2n) is 8.07. The number of imidazole rings is 1. The van der Waals surface area contributed by atoms with E-state index in [-0.39, 0.29) is 5.41 Å². The van der Waals surface area contributed by atoms with Gasteiger partial charge in [-0.05, 0) is 44.7 Å².